The maximum absolute atomic E-state index is 12.1. The minimum atomic E-state index is -0.401. The van der Waals surface area contributed by atoms with Crippen LogP contribution in [0.25, 0.3) is 0 Å². The first-order valence-electron chi connectivity index (χ1n) is 8.58. The van der Waals surface area contributed by atoms with Crippen molar-refractivity contribution < 1.29 is 19.2 Å². The normalized spacial score (nSPS) is 15.5. The second kappa shape index (κ2) is 8.15. The standard InChI is InChI=1S/C18H27N3O3/c1-5-20-8-10-21(11-9-20)16-7-6-14(18(23)24-4)12-15(16)19-17(22)13(2)3/h6-7,12-13H,5,8-11H2,1-4H3,(H,19,22)/p+1. The zero-order chi connectivity index (χ0) is 17.7. The predicted molar refractivity (Wildman–Crippen MR) is 94.7 cm³/mol. The number of anilines is 2. The van der Waals surface area contributed by atoms with Crippen molar-refractivity contribution in [2.24, 2.45) is 5.92 Å². The largest absolute Gasteiger partial charge is 0.465 e. The zero-order valence-corrected chi connectivity index (χ0v) is 15.0. The number of benzene rings is 1. The van der Waals surface area contributed by atoms with E-state index in [2.05, 4.69) is 17.1 Å². The predicted octanol–water partition coefficient (Wildman–Crippen LogP) is 0.793. The number of carbonyl (C=O) groups is 2. The Hall–Kier alpha value is -2.08. The molecule has 1 aromatic rings. The Morgan fingerprint density at radius 2 is 1.96 bits per heavy atom. The third-order valence-electron chi connectivity index (χ3n) is 4.51. The Morgan fingerprint density at radius 1 is 1.29 bits per heavy atom. The van der Waals surface area contributed by atoms with Crippen molar-refractivity contribution in [1.29, 1.82) is 0 Å². The van der Waals surface area contributed by atoms with Crippen molar-refractivity contribution in [3.8, 4) is 0 Å². The molecular formula is C18H28N3O3+. The molecule has 132 valence electrons. The van der Waals surface area contributed by atoms with Gasteiger partial charge in [-0.15, -0.1) is 0 Å². The SMILES string of the molecule is CC[NH+]1CCN(c2ccc(C(=O)OC)cc2NC(=O)C(C)C)CC1. The lowest BCUT2D eigenvalue weighted by Crippen LogP contribution is -3.14. The maximum Gasteiger partial charge on any atom is 0.337 e. The number of quaternary nitrogens is 1. The smallest absolute Gasteiger partial charge is 0.337 e. The van der Waals surface area contributed by atoms with Gasteiger partial charge in [0.25, 0.3) is 0 Å². The molecule has 1 fully saturated rings. The van der Waals surface area contributed by atoms with Crippen molar-refractivity contribution in [2.75, 3.05) is 50.1 Å². The monoisotopic (exact) mass is 334 g/mol. The number of nitrogens with one attached hydrogen (secondary N) is 2. The van der Waals surface area contributed by atoms with Gasteiger partial charge in [-0.3, -0.25) is 4.79 Å². The van der Waals surface area contributed by atoms with Gasteiger partial charge in [-0.25, -0.2) is 4.79 Å². The number of piperazine rings is 1. The number of hydrogen-bond acceptors (Lipinski definition) is 4. The van der Waals surface area contributed by atoms with E-state index in [0.717, 1.165) is 38.4 Å². The van der Waals surface area contributed by atoms with Crippen LogP contribution >= 0.6 is 0 Å². The van der Waals surface area contributed by atoms with E-state index in [4.69, 9.17) is 4.74 Å². The summed E-state index contributed by atoms with van der Waals surface area (Å²) in [5.41, 5.74) is 2.08. The number of methoxy groups -OCH3 is 1. The molecule has 0 bridgehead atoms. The molecular weight excluding hydrogens is 306 g/mol. The number of ether oxygens (including phenoxy) is 1. The third kappa shape index (κ3) is 4.26. The van der Waals surface area contributed by atoms with E-state index in [1.54, 1.807) is 17.0 Å². The van der Waals surface area contributed by atoms with Crippen molar-refractivity contribution in [2.45, 2.75) is 20.8 Å². The van der Waals surface area contributed by atoms with Crippen molar-refractivity contribution in [3.05, 3.63) is 23.8 Å². The van der Waals surface area contributed by atoms with Gasteiger partial charge in [-0.2, -0.15) is 0 Å². The molecule has 0 saturated carbocycles. The number of hydrogen-bond donors (Lipinski definition) is 2. The highest BCUT2D eigenvalue weighted by Crippen LogP contribution is 2.28. The van der Waals surface area contributed by atoms with E-state index in [1.807, 2.05) is 19.9 Å². The Morgan fingerprint density at radius 3 is 2.50 bits per heavy atom. The lowest BCUT2D eigenvalue weighted by Gasteiger charge is -2.34. The Labute approximate surface area is 143 Å². The summed E-state index contributed by atoms with van der Waals surface area (Å²) in [6, 6.07) is 5.37. The quantitative estimate of drug-likeness (QED) is 0.782. The average molecular weight is 334 g/mol. The summed E-state index contributed by atoms with van der Waals surface area (Å²) >= 11 is 0. The summed E-state index contributed by atoms with van der Waals surface area (Å²) in [5.74, 6) is -0.584. The highest BCUT2D eigenvalue weighted by Gasteiger charge is 2.22. The number of esters is 1. The van der Waals surface area contributed by atoms with E-state index in [9.17, 15) is 9.59 Å². The van der Waals surface area contributed by atoms with Gasteiger partial charge >= 0.3 is 5.97 Å². The molecule has 2 rings (SSSR count). The van der Waals surface area contributed by atoms with Crippen molar-refractivity contribution >= 4 is 23.3 Å². The molecule has 0 spiro atoms. The summed E-state index contributed by atoms with van der Waals surface area (Å²) in [5, 5.41) is 2.96. The molecule has 6 heteroatoms. The lowest BCUT2D eigenvalue weighted by atomic mass is 10.1. The summed E-state index contributed by atoms with van der Waals surface area (Å²) in [6.45, 7) is 11.1. The van der Waals surface area contributed by atoms with Gasteiger partial charge in [-0.1, -0.05) is 13.8 Å². The topological polar surface area (TPSA) is 63.1 Å². The molecule has 1 aromatic carbocycles. The fraction of sp³-hybridized carbons (Fsp3) is 0.556. The van der Waals surface area contributed by atoms with Crippen LogP contribution < -0.4 is 15.1 Å². The van der Waals surface area contributed by atoms with Gasteiger partial charge in [0, 0.05) is 5.92 Å². The minimum Gasteiger partial charge on any atom is -0.465 e. The van der Waals surface area contributed by atoms with Gasteiger partial charge in [-0.05, 0) is 25.1 Å². The van der Waals surface area contributed by atoms with Gasteiger partial charge in [0.15, 0.2) is 0 Å². The molecule has 1 saturated heterocycles. The van der Waals surface area contributed by atoms with Crippen LogP contribution in [-0.2, 0) is 9.53 Å². The van der Waals surface area contributed by atoms with Gasteiger partial charge in [0.05, 0.1) is 56.8 Å². The van der Waals surface area contributed by atoms with Crippen molar-refractivity contribution in [1.82, 2.24) is 0 Å². The molecule has 2 N–H and O–H groups in total. The van der Waals surface area contributed by atoms with E-state index in [0.29, 0.717) is 11.3 Å². The molecule has 0 aliphatic carbocycles. The average Bonchev–Trinajstić information content (AvgIpc) is 2.61. The number of likely N-dealkylation sites (N-methyl/N-ethyl adjacent to an activating group) is 1. The molecule has 24 heavy (non-hydrogen) atoms. The number of rotatable bonds is 5. The second-order valence-corrected chi connectivity index (χ2v) is 6.46. The van der Waals surface area contributed by atoms with Crippen LogP contribution in [0.15, 0.2) is 18.2 Å². The first-order chi connectivity index (χ1) is 11.5. The number of carbonyl (C=O) groups excluding carboxylic acids is 2. The molecule has 1 aliphatic heterocycles. The summed E-state index contributed by atoms with van der Waals surface area (Å²) < 4.78 is 4.79. The van der Waals surface area contributed by atoms with Crippen LogP contribution in [0.3, 0.4) is 0 Å². The van der Waals surface area contributed by atoms with Crippen LogP contribution in [0.5, 0.6) is 0 Å². The summed E-state index contributed by atoms with van der Waals surface area (Å²) in [7, 11) is 1.36. The molecule has 6 nitrogen and oxygen atoms in total. The summed E-state index contributed by atoms with van der Waals surface area (Å²) in [6.07, 6.45) is 0. The fourth-order valence-electron chi connectivity index (χ4n) is 2.85. The number of nitrogens with zero attached hydrogens (tertiary/aromatic N) is 1. The molecule has 0 unspecified atom stereocenters. The highest BCUT2D eigenvalue weighted by molar-refractivity contribution is 5.98. The first kappa shape index (κ1) is 18.3. The van der Waals surface area contributed by atoms with E-state index < -0.39 is 5.97 Å². The minimum absolute atomic E-state index is 0.0592. The highest BCUT2D eigenvalue weighted by atomic mass is 16.5. The summed E-state index contributed by atoms with van der Waals surface area (Å²) in [4.78, 5) is 27.8. The van der Waals surface area contributed by atoms with E-state index in [1.165, 1.54) is 7.11 Å². The molecule has 0 atom stereocenters. The third-order valence-corrected chi connectivity index (χ3v) is 4.51. The van der Waals surface area contributed by atoms with Gasteiger partial charge in [0.2, 0.25) is 5.91 Å². The van der Waals surface area contributed by atoms with Crippen LogP contribution in [-0.4, -0.2) is 51.7 Å². The molecule has 1 aliphatic rings. The van der Waals surface area contributed by atoms with E-state index in [-0.39, 0.29) is 11.8 Å². The second-order valence-electron chi connectivity index (χ2n) is 6.46. The fourth-order valence-corrected chi connectivity index (χ4v) is 2.85. The Balaban J connectivity index is 2.28. The first-order valence-corrected chi connectivity index (χ1v) is 8.58. The van der Waals surface area contributed by atoms with Crippen LogP contribution in [0, 0.1) is 5.92 Å². The molecule has 0 radical (unpaired) electrons. The van der Waals surface area contributed by atoms with Gasteiger partial charge < -0.3 is 19.9 Å². The molecule has 1 amide bonds. The molecule has 0 aromatic heterocycles. The van der Waals surface area contributed by atoms with Crippen LogP contribution in [0.4, 0.5) is 11.4 Å². The van der Waals surface area contributed by atoms with Crippen LogP contribution in [0.1, 0.15) is 31.1 Å². The van der Waals surface area contributed by atoms with Crippen LogP contribution in [0.2, 0.25) is 0 Å². The van der Waals surface area contributed by atoms with Crippen molar-refractivity contribution in [3.63, 3.8) is 0 Å². The van der Waals surface area contributed by atoms with E-state index >= 15 is 0 Å². The van der Waals surface area contributed by atoms with Gasteiger partial charge in [0.1, 0.15) is 0 Å². The Bertz CT molecular complexity index is 593. The maximum atomic E-state index is 12.1. The number of amides is 1. The molecule has 1 heterocycles. The lowest BCUT2D eigenvalue weighted by molar-refractivity contribution is -0.898. The zero-order valence-electron chi connectivity index (χ0n) is 15.0. The Kier molecular flexibility index (Phi) is 6.20.